The monoisotopic (exact) mass is 249 g/mol. The van der Waals surface area contributed by atoms with Gasteiger partial charge in [-0.25, -0.2) is 0 Å². The molecule has 0 amide bonds. The zero-order chi connectivity index (χ0) is 13.1. The van der Waals surface area contributed by atoms with Crippen LogP contribution in [0.2, 0.25) is 0 Å². The molecule has 1 heterocycles. The molecular formula is C8H7N7O3. The molecule has 0 fully saturated rings. The van der Waals surface area contributed by atoms with E-state index in [9.17, 15) is 15.2 Å². The first-order valence-corrected chi connectivity index (χ1v) is 4.63. The van der Waals surface area contributed by atoms with Crippen molar-refractivity contribution in [3.05, 3.63) is 33.9 Å². The Hall–Kier alpha value is -3.04. The number of tetrazole rings is 1. The predicted molar refractivity (Wildman–Crippen MR) is 60.0 cm³/mol. The number of nitrogen functional groups attached to an aromatic ring is 1. The van der Waals surface area contributed by atoms with Crippen molar-refractivity contribution in [2.45, 2.75) is 0 Å². The molecule has 0 saturated heterocycles. The van der Waals surface area contributed by atoms with Crippen LogP contribution in [0.4, 0.5) is 11.6 Å². The second kappa shape index (κ2) is 4.45. The Bertz CT molecular complexity index is 621. The molecule has 1 aromatic carbocycles. The Morgan fingerprint density at radius 1 is 1.56 bits per heavy atom. The fraction of sp³-hybridized carbons (Fsp3) is 0. The summed E-state index contributed by atoms with van der Waals surface area (Å²) in [5, 5.41) is 33.9. The number of phenols is 1. The van der Waals surface area contributed by atoms with Gasteiger partial charge in [0.1, 0.15) is 5.75 Å². The predicted octanol–water partition coefficient (Wildman–Crippen LogP) is -0.249. The summed E-state index contributed by atoms with van der Waals surface area (Å²) in [5.41, 5.74) is 5.35. The van der Waals surface area contributed by atoms with Crippen molar-refractivity contribution in [3.63, 3.8) is 0 Å². The lowest BCUT2D eigenvalue weighted by Crippen LogP contribution is -2.00. The van der Waals surface area contributed by atoms with Gasteiger partial charge in [-0.05, 0) is 16.5 Å². The molecule has 3 N–H and O–H groups in total. The van der Waals surface area contributed by atoms with Gasteiger partial charge >= 0.3 is 0 Å². The first-order chi connectivity index (χ1) is 8.58. The van der Waals surface area contributed by atoms with Gasteiger partial charge in [-0.2, -0.15) is 5.10 Å². The molecule has 0 radical (unpaired) electrons. The molecule has 0 aliphatic carbocycles. The van der Waals surface area contributed by atoms with E-state index in [-0.39, 0.29) is 22.9 Å². The summed E-state index contributed by atoms with van der Waals surface area (Å²) in [6.45, 7) is 0. The number of nitrogens with zero attached hydrogens (tertiary/aromatic N) is 6. The zero-order valence-corrected chi connectivity index (χ0v) is 8.83. The lowest BCUT2D eigenvalue weighted by atomic mass is 10.2. The van der Waals surface area contributed by atoms with Gasteiger partial charge in [-0.3, -0.25) is 10.1 Å². The standard InChI is InChI=1S/C8H7N7O3/c9-8-11-12-13-14(8)10-4-5-3-6(15(17)18)1-2-7(5)16/h1-4,16H,(H2,9,11,13)/b10-4+. The van der Waals surface area contributed by atoms with Gasteiger partial charge in [0, 0.05) is 17.7 Å². The zero-order valence-electron chi connectivity index (χ0n) is 8.83. The van der Waals surface area contributed by atoms with Gasteiger partial charge in [0.05, 0.1) is 11.1 Å². The van der Waals surface area contributed by atoms with Crippen LogP contribution >= 0.6 is 0 Å². The van der Waals surface area contributed by atoms with Crippen LogP contribution < -0.4 is 5.73 Å². The quantitative estimate of drug-likeness (QED) is 0.433. The smallest absolute Gasteiger partial charge is 0.270 e. The number of hydrogen-bond acceptors (Lipinski definition) is 8. The van der Waals surface area contributed by atoms with Gasteiger partial charge in [0.2, 0.25) is 0 Å². The lowest BCUT2D eigenvalue weighted by molar-refractivity contribution is -0.384. The highest BCUT2D eigenvalue weighted by Crippen LogP contribution is 2.21. The van der Waals surface area contributed by atoms with Crippen LogP contribution in [0.1, 0.15) is 5.56 Å². The Labute approximate surface area is 99.5 Å². The lowest BCUT2D eigenvalue weighted by Gasteiger charge is -1.98. The van der Waals surface area contributed by atoms with Crippen LogP contribution in [-0.2, 0) is 0 Å². The third-order valence-corrected chi connectivity index (χ3v) is 2.00. The van der Waals surface area contributed by atoms with E-state index in [2.05, 4.69) is 20.6 Å². The summed E-state index contributed by atoms with van der Waals surface area (Å²) in [7, 11) is 0. The highest BCUT2D eigenvalue weighted by Gasteiger charge is 2.09. The van der Waals surface area contributed by atoms with Crippen molar-refractivity contribution >= 4 is 17.9 Å². The molecule has 2 rings (SSSR count). The number of aromatic nitrogens is 4. The molecule has 1 aromatic heterocycles. The van der Waals surface area contributed by atoms with Crippen molar-refractivity contribution in [3.8, 4) is 5.75 Å². The molecule has 2 aromatic rings. The van der Waals surface area contributed by atoms with Crippen molar-refractivity contribution in [2.24, 2.45) is 5.10 Å². The summed E-state index contributed by atoms with van der Waals surface area (Å²) < 4.78 is 0. The van der Waals surface area contributed by atoms with Crippen LogP contribution in [-0.4, -0.2) is 36.6 Å². The van der Waals surface area contributed by atoms with E-state index >= 15 is 0 Å². The maximum atomic E-state index is 10.6. The number of rotatable bonds is 3. The van der Waals surface area contributed by atoms with E-state index in [0.717, 1.165) is 11.0 Å². The number of non-ortho nitro benzene ring substituents is 1. The number of aromatic hydroxyl groups is 1. The van der Waals surface area contributed by atoms with Crippen molar-refractivity contribution in [1.29, 1.82) is 0 Å². The van der Waals surface area contributed by atoms with E-state index in [1.807, 2.05) is 0 Å². The summed E-state index contributed by atoms with van der Waals surface area (Å²) in [6, 6.07) is 3.54. The Morgan fingerprint density at radius 3 is 2.94 bits per heavy atom. The Kier molecular flexibility index (Phi) is 2.83. The van der Waals surface area contributed by atoms with Gasteiger partial charge in [-0.15, -0.1) is 0 Å². The number of phenolic OH excluding ortho intramolecular Hbond substituents is 1. The van der Waals surface area contributed by atoms with Crippen LogP contribution in [0.5, 0.6) is 5.75 Å². The molecule has 18 heavy (non-hydrogen) atoms. The third-order valence-electron chi connectivity index (χ3n) is 2.00. The summed E-state index contributed by atoms with van der Waals surface area (Å²) in [6.07, 6.45) is 1.16. The van der Waals surface area contributed by atoms with Crippen LogP contribution in [0, 0.1) is 10.1 Å². The average Bonchev–Trinajstić information content (AvgIpc) is 2.73. The van der Waals surface area contributed by atoms with Crippen LogP contribution in [0.15, 0.2) is 23.3 Å². The molecule has 10 heteroatoms. The van der Waals surface area contributed by atoms with E-state index in [0.29, 0.717) is 0 Å². The number of hydrogen-bond donors (Lipinski definition) is 2. The fourth-order valence-electron chi connectivity index (χ4n) is 1.15. The minimum Gasteiger partial charge on any atom is -0.507 e. The Balaban J connectivity index is 2.34. The van der Waals surface area contributed by atoms with Gasteiger partial charge in [0.25, 0.3) is 11.6 Å². The summed E-state index contributed by atoms with van der Waals surface area (Å²) in [5.74, 6) is -0.202. The van der Waals surface area contributed by atoms with Crippen molar-refractivity contribution in [2.75, 3.05) is 5.73 Å². The molecule has 0 bridgehead atoms. The van der Waals surface area contributed by atoms with E-state index < -0.39 is 4.92 Å². The Morgan fingerprint density at radius 2 is 2.33 bits per heavy atom. The highest BCUT2D eigenvalue weighted by atomic mass is 16.6. The molecule has 0 aliphatic rings. The average molecular weight is 249 g/mol. The molecule has 0 spiro atoms. The third kappa shape index (κ3) is 2.21. The SMILES string of the molecule is Nc1nnnn1/N=C/c1cc([N+](=O)[O-])ccc1O. The second-order valence-electron chi connectivity index (χ2n) is 3.17. The number of nitro benzene ring substituents is 1. The van der Waals surface area contributed by atoms with Gasteiger partial charge in [-0.1, -0.05) is 9.89 Å². The minimum atomic E-state index is -0.581. The fourth-order valence-corrected chi connectivity index (χ4v) is 1.15. The molecule has 0 aliphatic heterocycles. The second-order valence-corrected chi connectivity index (χ2v) is 3.17. The van der Waals surface area contributed by atoms with Crippen LogP contribution in [0.25, 0.3) is 0 Å². The van der Waals surface area contributed by atoms with Crippen LogP contribution in [0.3, 0.4) is 0 Å². The van der Waals surface area contributed by atoms with Gasteiger partial charge < -0.3 is 10.8 Å². The first kappa shape index (κ1) is 11.4. The van der Waals surface area contributed by atoms with E-state index in [4.69, 9.17) is 5.73 Å². The minimum absolute atomic E-state index is 0.0452. The molecule has 0 atom stereocenters. The summed E-state index contributed by atoms with van der Waals surface area (Å²) >= 11 is 0. The molecule has 10 nitrogen and oxygen atoms in total. The van der Waals surface area contributed by atoms with Crippen molar-refractivity contribution < 1.29 is 10.0 Å². The number of anilines is 1. The van der Waals surface area contributed by atoms with E-state index in [1.54, 1.807) is 0 Å². The maximum Gasteiger partial charge on any atom is 0.270 e. The summed E-state index contributed by atoms with van der Waals surface area (Å²) in [4.78, 5) is 10.9. The normalized spacial score (nSPS) is 10.9. The largest absolute Gasteiger partial charge is 0.507 e. The van der Waals surface area contributed by atoms with Gasteiger partial charge in [0.15, 0.2) is 0 Å². The maximum absolute atomic E-state index is 10.6. The number of nitro groups is 1. The van der Waals surface area contributed by atoms with E-state index in [1.165, 1.54) is 18.2 Å². The molecule has 0 saturated carbocycles. The molecular weight excluding hydrogens is 242 g/mol. The molecule has 0 unspecified atom stereocenters. The first-order valence-electron chi connectivity index (χ1n) is 4.63. The molecule has 92 valence electrons. The highest BCUT2D eigenvalue weighted by molar-refractivity contribution is 5.84. The number of benzene rings is 1. The number of nitrogens with two attached hydrogens (primary N) is 1. The van der Waals surface area contributed by atoms with Crippen molar-refractivity contribution in [1.82, 2.24) is 20.3 Å². The topological polar surface area (TPSA) is 145 Å².